The van der Waals surface area contributed by atoms with E-state index in [2.05, 4.69) is 6.92 Å². The number of methoxy groups -OCH3 is 1. The van der Waals surface area contributed by atoms with Gasteiger partial charge in [-0.15, -0.1) is 0 Å². The lowest BCUT2D eigenvalue weighted by molar-refractivity contribution is 0.248. The van der Waals surface area contributed by atoms with E-state index in [4.69, 9.17) is 15.2 Å². The van der Waals surface area contributed by atoms with Gasteiger partial charge in [-0.2, -0.15) is 0 Å². The highest BCUT2D eigenvalue weighted by molar-refractivity contribution is 5.51. The van der Waals surface area contributed by atoms with Crippen LogP contribution in [0.3, 0.4) is 0 Å². The molecule has 76 valence electrons. The molecule has 1 unspecified atom stereocenters. The summed E-state index contributed by atoms with van der Waals surface area (Å²) in [5.74, 6) is 1.67. The number of aryl methyl sites for hydroxylation is 1. The third kappa shape index (κ3) is 1.44. The Kier molecular flexibility index (Phi) is 2.33. The van der Waals surface area contributed by atoms with Gasteiger partial charge in [-0.3, -0.25) is 0 Å². The first kappa shape index (κ1) is 9.34. The van der Waals surface area contributed by atoms with Gasteiger partial charge in [0.2, 0.25) is 0 Å². The number of ether oxygens (including phenoxy) is 2. The summed E-state index contributed by atoms with van der Waals surface area (Å²) in [6, 6.07) is 4.08. The van der Waals surface area contributed by atoms with Gasteiger partial charge in [-0.1, -0.05) is 6.07 Å². The molecule has 0 aromatic heterocycles. The van der Waals surface area contributed by atoms with E-state index in [1.54, 1.807) is 7.11 Å². The molecule has 1 heterocycles. The number of rotatable bonds is 1. The van der Waals surface area contributed by atoms with Crippen molar-refractivity contribution in [2.45, 2.75) is 19.4 Å². The van der Waals surface area contributed by atoms with Gasteiger partial charge in [-0.05, 0) is 25.0 Å². The van der Waals surface area contributed by atoms with E-state index in [1.165, 1.54) is 11.1 Å². The van der Waals surface area contributed by atoms with Crippen LogP contribution >= 0.6 is 0 Å². The average Bonchev–Trinajstić information content (AvgIpc) is 2.19. The Morgan fingerprint density at radius 2 is 2.29 bits per heavy atom. The summed E-state index contributed by atoms with van der Waals surface area (Å²) in [5.41, 5.74) is 8.25. The van der Waals surface area contributed by atoms with Gasteiger partial charge in [-0.25, -0.2) is 0 Å². The lowest BCUT2D eigenvalue weighted by Gasteiger charge is -2.25. The molecule has 2 N–H and O–H groups in total. The van der Waals surface area contributed by atoms with Crippen molar-refractivity contribution in [2.75, 3.05) is 13.7 Å². The first-order chi connectivity index (χ1) is 6.72. The van der Waals surface area contributed by atoms with Crippen molar-refractivity contribution in [3.8, 4) is 11.5 Å². The van der Waals surface area contributed by atoms with Gasteiger partial charge in [0, 0.05) is 11.6 Å². The van der Waals surface area contributed by atoms with E-state index in [0.717, 1.165) is 17.9 Å². The van der Waals surface area contributed by atoms with E-state index < -0.39 is 0 Å². The summed E-state index contributed by atoms with van der Waals surface area (Å²) in [7, 11) is 1.66. The number of hydrogen-bond donors (Lipinski definition) is 1. The van der Waals surface area contributed by atoms with Crippen molar-refractivity contribution in [1.82, 2.24) is 0 Å². The number of nitrogens with two attached hydrogens (primary N) is 1. The van der Waals surface area contributed by atoms with Crippen molar-refractivity contribution < 1.29 is 9.47 Å². The zero-order valence-electron chi connectivity index (χ0n) is 8.54. The third-order valence-corrected chi connectivity index (χ3v) is 2.59. The molecule has 0 radical (unpaired) electrons. The minimum atomic E-state index is 0.105. The van der Waals surface area contributed by atoms with Gasteiger partial charge in [0.1, 0.15) is 6.61 Å². The van der Waals surface area contributed by atoms with Crippen LogP contribution in [0.4, 0.5) is 0 Å². The highest BCUT2D eigenvalue weighted by Crippen LogP contribution is 2.36. The number of hydrogen-bond acceptors (Lipinski definition) is 3. The minimum absolute atomic E-state index is 0.105. The maximum Gasteiger partial charge on any atom is 0.164 e. The summed E-state index contributed by atoms with van der Waals surface area (Å²) in [6.07, 6.45) is 0.873. The predicted molar refractivity (Wildman–Crippen MR) is 54.9 cm³/mol. The Bertz CT molecular complexity index is 349. The van der Waals surface area contributed by atoms with E-state index in [9.17, 15) is 0 Å². The zero-order chi connectivity index (χ0) is 10.1. The van der Waals surface area contributed by atoms with Crippen LogP contribution in [-0.2, 0) is 6.42 Å². The molecule has 0 amide bonds. The molecule has 1 atom stereocenters. The molecule has 3 nitrogen and oxygen atoms in total. The zero-order valence-corrected chi connectivity index (χ0v) is 8.54. The molecule has 14 heavy (non-hydrogen) atoms. The SMILES string of the molecule is COc1ccc(C)c2c1OCC(N)C2. The van der Waals surface area contributed by atoms with Crippen molar-refractivity contribution in [3.05, 3.63) is 23.3 Å². The molecule has 0 aliphatic carbocycles. The second-order valence-corrected chi connectivity index (χ2v) is 3.67. The number of benzene rings is 1. The molecular formula is C11H15NO2. The average molecular weight is 193 g/mol. The molecule has 1 aliphatic rings. The monoisotopic (exact) mass is 193 g/mol. The maximum absolute atomic E-state index is 5.84. The molecule has 0 bridgehead atoms. The molecule has 1 aromatic carbocycles. The predicted octanol–water partition coefficient (Wildman–Crippen LogP) is 1.27. The van der Waals surface area contributed by atoms with E-state index >= 15 is 0 Å². The molecule has 2 rings (SSSR count). The molecule has 1 aliphatic heterocycles. The van der Waals surface area contributed by atoms with Crippen molar-refractivity contribution in [3.63, 3.8) is 0 Å². The summed E-state index contributed by atoms with van der Waals surface area (Å²) < 4.78 is 10.8. The molecule has 1 aromatic rings. The van der Waals surface area contributed by atoms with E-state index in [0.29, 0.717) is 6.61 Å². The van der Waals surface area contributed by atoms with Crippen molar-refractivity contribution in [2.24, 2.45) is 5.73 Å². The third-order valence-electron chi connectivity index (χ3n) is 2.59. The Morgan fingerprint density at radius 3 is 3.00 bits per heavy atom. The second kappa shape index (κ2) is 3.50. The standard InChI is InChI=1S/C11H15NO2/c1-7-3-4-10(13-2)11-9(7)5-8(12)6-14-11/h3-4,8H,5-6,12H2,1-2H3. The van der Waals surface area contributed by atoms with Crippen LogP contribution in [0.2, 0.25) is 0 Å². The van der Waals surface area contributed by atoms with Crippen molar-refractivity contribution >= 4 is 0 Å². The van der Waals surface area contributed by atoms with E-state index in [-0.39, 0.29) is 6.04 Å². The van der Waals surface area contributed by atoms with Crippen LogP contribution in [0.15, 0.2) is 12.1 Å². The fraction of sp³-hybridized carbons (Fsp3) is 0.455. The van der Waals surface area contributed by atoms with Crippen LogP contribution in [-0.4, -0.2) is 19.8 Å². The van der Waals surface area contributed by atoms with Crippen LogP contribution < -0.4 is 15.2 Å². The summed E-state index contributed by atoms with van der Waals surface area (Å²) in [5, 5.41) is 0. The molecule has 3 heteroatoms. The maximum atomic E-state index is 5.84. The van der Waals surface area contributed by atoms with Gasteiger partial charge in [0.05, 0.1) is 7.11 Å². The first-order valence-corrected chi connectivity index (χ1v) is 4.77. The van der Waals surface area contributed by atoms with Gasteiger partial charge < -0.3 is 15.2 Å². The van der Waals surface area contributed by atoms with Crippen LogP contribution in [0.1, 0.15) is 11.1 Å². The van der Waals surface area contributed by atoms with E-state index in [1.807, 2.05) is 12.1 Å². The molecule has 0 fully saturated rings. The normalized spacial score (nSPS) is 19.8. The first-order valence-electron chi connectivity index (χ1n) is 4.77. The Morgan fingerprint density at radius 1 is 1.50 bits per heavy atom. The summed E-state index contributed by atoms with van der Waals surface area (Å²) in [4.78, 5) is 0. The quantitative estimate of drug-likeness (QED) is 0.730. The van der Waals surface area contributed by atoms with Crippen LogP contribution in [0, 0.1) is 6.92 Å². The van der Waals surface area contributed by atoms with Crippen LogP contribution in [0.25, 0.3) is 0 Å². The Hall–Kier alpha value is -1.22. The molecule has 0 spiro atoms. The molecule has 0 saturated carbocycles. The van der Waals surface area contributed by atoms with Gasteiger partial charge in [0.25, 0.3) is 0 Å². The Balaban J connectivity index is 2.49. The second-order valence-electron chi connectivity index (χ2n) is 3.67. The summed E-state index contributed by atoms with van der Waals surface area (Å²) >= 11 is 0. The fourth-order valence-corrected chi connectivity index (χ4v) is 1.79. The highest BCUT2D eigenvalue weighted by atomic mass is 16.5. The van der Waals surface area contributed by atoms with Crippen LogP contribution in [0.5, 0.6) is 11.5 Å². The van der Waals surface area contributed by atoms with Gasteiger partial charge >= 0.3 is 0 Å². The van der Waals surface area contributed by atoms with Crippen molar-refractivity contribution in [1.29, 1.82) is 0 Å². The molecular weight excluding hydrogens is 178 g/mol. The van der Waals surface area contributed by atoms with Gasteiger partial charge in [0.15, 0.2) is 11.5 Å². The molecule has 0 saturated heterocycles. The lowest BCUT2D eigenvalue weighted by Crippen LogP contribution is -2.34. The largest absolute Gasteiger partial charge is 0.493 e. The highest BCUT2D eigenvalue weighted by Gasteiger charge is 2.21. The smallest absolute Gasteiger partial charge is 0.164 e. The number of fused-ring (bicyclic) bond motifs is 1. The fourth-order valence-electron chi connectivity index (χ4n) is 1.79. The Labute approximate surface area is 83.8 Å². The topological polar surface area (TPSA) is 44.5 Å². The summed E-state index contributed by atoms with van der Waals surface area (Å²) in [6.45, 7) is 2.65. The lowest BCUT2D eigenvalue weighted by atomic mass is 9.98. The minimum Gasteiger partial charge on any atom is -0.493 e.